The van der Waals surface area contributed by atoms with E-state index >= 15 is 0 Å². The van der Waals surface area contributed by atoms with Crippen molar-refractivity contribution in [2.24, 2.45) is 0 Å². The molecule has 0 saturated carbocycles. The third kappa shape index (κ3) is 4.19. The maximum atomic E-state index is 3.33. The zero-order valence-electron chi connectivity index (χ0n) is 9.98. The fourth-order valence-electron chi connectivity index (χ4n) is 1.51. The smallest absolute Gasteiger partial charge is 0.0240 e. The van der Waals surface area contributed by atoms with Crippen LogP contribution < -0.4 is 5.32 Å². The molecule has 1 aromatic carbocycles. The van der Waals surface area contributed by atoms with Gasteiger partial charge in [-0.1, -0.05) is 19.1 Å². The number of rotatable bonds is 6. The number of hydrogen-bond donors (Lipinski definition) is 1. The largest absolute Gasteiger partial charge is 0.313 e. The highest BCUT2D eigenvalue weighted by atomic mass is 32.2. The molecule has 2 rings (SSSR count). The molecule has 0 unspecified atom stereocenters. The Bertz CT molecular complexity index is 420. The first-order chi connectivity index (χ1) is 8.38. The maximum Gasteiger partial charge on any atom is 0.0240 e. The fraction of sp³-hybridized carbons (Fsp3) is 0.286. The molecule has 0 saturated heterocycles. The Balaban J connectivity index is 1.85. The van der Waals surface area contributed by atoms with Crippen LogP contribution in [0.25, 0.3) is 0 Å². The molecule has 3 heteroatoms. The summed E-state index contributed by atoms with van der Waals surface area (Å²) in [6, 6.07) is 11.0. The van der Waals surface area contributed by atoms with Crippen molar-refractivity contribution in [1.82, 2.24) is 5.32 Å². The van der Waals surface area contributed by atoms with E-state index in [2.05, 4.69) is 53.3 Å². The zero-order valence-corrected chi connectivity index (χ0v) is 11.6. The van der Waals surface area contributed by atoms with Crippen molar-refractivity contribution in [3.63, 3.8) is 0 Å². The third-order valence-electron chi connectivity index (χ3n) is 2.49. The van der Waals surface area contributed by atoms with E-state index in [0.29, 0.717) is 0 Å². The molecule has 1 nitrogen and oxygen atoms in total. The van der Waals surface area contributed by atoms with E-state index in [1.54, 1.807) is 11.3 Å². The lowest BCUT2D eigenvalue weighted by Gasteiger charge is -2.04. The van der Waals surface area contributed by atoms with Gasteiger partial charge in [0, 0.05) is 17.2 Å². The predicted octanol–water partition coefficient (Wildman–Crippen LogP) is 4.15. The quantitative estimate of drug-likeness (QED) is 0.786. The molecule has 0 aliphatic carbocycles. The molecule has 1 aromatic heterocycles. The van der Waals surface area contributed by atoms with Gasteiger partial charge in [-0.3, -0.25) is 0 Å². The minimum atomic E-state index is 0.964. The fourth-order valence-corrected chi connectivity index (χ4v) is 3.13. The molecule has 2 aromatic rings. The van der Waals surface area contributed by atoms with Crippen molar-refractivity contribution in [3.8, 4) is 0 Å². The summed E-state index contributed by atoms with van der Waals surface area (Å²) in [6.07, 6.45) is 0. The van der Waals surface area contributed by atoms with Crippen molar-refractivity contribution in [1.29, 1.82) is 0 Å². The molecule has 17 heavy (non-hydrogen) atoms. The van der Waals surface area contributed by atoms with Crippen molar-refractivity contribution in [2.45, 2.75) is 24.1 Å². The van der Waals surface area contributed by atoms with E-state index in [4.69, 9.17) is 0 Å². The Labute approximate surface area is 111 Å². The summed E-state index contributed by atoms with van der Waals surface area (Å²) in [7, 11) is 0. The molecule has 1 heterocycles. The molecule has 0 atom stereocenters. The van der Waals surface area contributed by atoms with Crippen LogP contribution in [0, 0.1) is 0 Å². The van der Waals surface area contributed by atoms with Gasteiger partial charge in [0.15, 0.2) is 0 Å². The van der Waals surface area contributed by atoms with Gasteiger partial charge in [0.1, 0.15) is 0 Å². The van der Waals surface area contributed by atoms with E-state index in [9.17, 15) is 0 Å². The van der Waals surface area contributed by atoms with Crippen LogP contribution in [0.1, 0.15) is 18.1 Å². The summed E-state index contributed by atoms with van der Waals surface area (Å²) in [4.78, 5) is 1.34. The zero-order chi connectivity index (χ0) is 11.9. The number of hydrogen-bond acceptors (Lipinski definition) is 3. The Morgan fingerprint density at radius 1 is 1.12 bits per heavy atom. The van der Waals surface area contributed by atoms with Crippen LogP contribution in [0.3, 0.4) is 0 Å². The molecule has 90 valence electrons. The lowest BCUT2D eigenvalue weighted by molar-refractivity contribution is 0.726. The van der Waals surface area contributed by atoms with Crippen LogP contribution in [-0.4, -0.2) is 6.54 Å². The second-order valence-corrected chi connectivity index (χ2v) is 5.67. The van der Waals surface area contributed by atoms with Gasteiger partial charge < -0.3 is 5.32 Å². The predicted molar refractivity (Wildman–Crippen MR) is 77.7 cm³/mol. The van der Waals surface area contributed by atoms with Gasteiger partial charge in [0.2, 0.25) is 0 Å². The highest BCUT2D eigenvalue weighted by Crippen LogP contribution is 2.24. The average molecular weight is 263 g/mol. The molecule has 0 aliphatic heterocycles. The maximum absolute atomic E-state index is 3.33. The summed E-state index contributed by atoms with van der Waals surface area (Å²) in [5, 5.41) is 7.68. The summed E-state index contributed by atoms with van der Waals surface area (Å²) in [5.74, 6) is 1.07. The van der Waals surface area contributed by atoms with Crippen molar-refractivity contribution in [3.05, 3.63) is 52.2 Å². The van der Waals surface area contributed by atoms with Gasteiger partial charge in [0.25, 0.3) is 0 Å². The lowest BCUT2D eigenvalue weighted by Crippen LogP contribution is -2.11. The SMILES string of the molecule is CCNCc1ccc(SCc2ccsc2)cc1. The number of nitrogens with one attached hydrogen (secondary N) is 1. The summed E-state index contributed by atoms with van der Waals surface area (Å²) in [6.45, 7) is 4.12. The van der Waals surface area contributed by atoms with Gasteiger partial charge >= 0.3 is 0 Å². The highest BCUT2D eigenvalue weighted by Gasteiger charge is 1.97. The van der Waals surface area contributed by atoms with E-state index in [-0.39, 0.29) is 0 Å². The molecule has 0 aliphatic rings. The lowest BCUT2D eigenvalue weighted by atomic mass is 10.2. The second-order valence-electron chi connectivity index (χ2n) is 3.84. The molecule has 0 radical (unpaired) electrons. The highest BCUT2D eigenvalue weighted by molar-refractivity contribution is 7.98. The average Bonchev–Trinajstić information content (AvgIpc) is 2.88. The van der Waals surface area contributed by atoms with Crippen LogP contribution in [0.5, 0.6) is 0 Å². The van der Waals surface area contributed by atoms with Crippen molar-refractivity contribution in [2.75, 3.05) is 6.54 Å². The number of benzene rings is 1. The van der Waals surface area contributed by atoms with Gasteiger partial charge in [0.05, 0.1) is 0 Å². The van der Waals surface area contributed by atoms with E-state index in [1.165, 1.54) is 16.0 Å². The van der Waals surface area contributed by atoms with Crippen molar-refractivity contribution >= 4 is 23.1 Å². The first kappa shape index (κ1) is 12.7. The topological polar surface area (TPSA) is 12.0 Å². The first-order valence-corrected chi connectivity index (χ1v) is 7.75. The van der Waals surface area contributed by atoms with E-state index < -0.39 is 0 Å². The summed E-state index contributed by atoms with van der Waals surface area (Å²) < 4.78 is 0. The molecule has 0 amide bonds. The standard InChI is InChI=1S/C14H17NS2/c1-2-15-9-12-3-5-14(6-4-12)17-11-13-7-8-16-10-13/h3-8,10,15H,2,9,11H2,1H3. The molecule has 0 spiro atoms. The molecule has 0 fully saturated rings. The summed E-state index contributed by atoms with van der Waals surface area (Å²) >= 11 is 3.66. The van der Waals surface area contributed by atoms with Crippen LogP contribution >= 0.6 is 23.1 Å². The summed E-state index contributed by atoms with van der Waals surface area (Å²) in [5.41, 5.74) is 2.77. The van der Waals surface area contributed by atoms with Crippen LogP contribution in [0.15, 0.2) is 46.0 Å². The van der Waals surface area contributed by atoms with Gasteiger partial charge in [-0.2, -0.15) is 11.3 Å². The van der Waals surface area contributed by atoms with Gasteiger partial charge in [-0.25, -0.2) is 0 Å². The Morgan fingerprint density at radius 2 is 1.94 bits per heavy atom. The molecular formula is C14H17NS2. The van der Waals surface area contributed by atoms with Crippen LogP contribution in [0.2, 0.25) is 0 Å². The van der Waals surface area contributed by atoms with Gasteiger partial charge in [-0.05, 0) is 46.6 Å². The molecule has 1 N–H and O–H groups in total. The Morgan fingerprint density at radius 3 is 2.59 bits per heavy atom. The van der Waals surface area contributed by atoms with Crippen molar-refractivity contribution < 1.29 is 0 Å². The monoisotopic (exact) mass is 263 g/mol. The van der Waals surface area contributed by atoms with Crippen LogP contribution in [0.4, 0.5) is 0 Å². The molecule has 0 bridgehead atoms. The van der Waals surface area contributed by atoms with Gasteiger partial charge in [-0.15, -0.1) is 11.8 Å². The minimum absolute atomic E-state index is 0.964. The first-order valence-electron chi connectivity index (χ1n) is 5.82. The van der Waals surface area contributed by atoms with E-state index in [1.807, 2.05) is 11.8 Å². The third-order valence-corrected chi connectivity index (χ3v) is 4.30. The molecular weight excluding hydrogens is 246 g/mol. The number of thioether (sulfide) groups is 1. The van der Waals surface area contributed by atoms with E-state index in [0.717, 1.165) is 18.8 Å². The van der Waals surface area contributed by atoms with Crippen LogP contribution in [-0.2, 0) is 12.3 Å². The number of thiophene rings is 1. The normalized spacial score (nSPS) is 10.6. The second kappa shape index (κ2) is 6.84. The Hall–Kier alpha value is -0.770. The Kier molecular flexibility index (Phi) is 5.10. The minimum Gasteiger partial charge on any atom is -0.313 e.